The number of hydrogen-bond acceptors (Lipinski definition) is 7. The van der Waals surface area contributed by atoms with Gasteiger partial charge in [0.15, 0.2) is 16.6 Å². The molecule has 0 aliphatic rings. The van der Waals surface area contributed by atoms with E-state index < -0.39 is 0 Å². The molecule has 0 spiro atoms. The molecule has 3 aromatic heterocycles. The van der Waals surface area contributed by atoms with Gasteiger partial charge in [-0.05, 0) is 30.7 Å². The first-order chi connectivity index (χ1) is 13.1. The summed E-state index contributed by atoms with van der Waals surface area (Å²) in [5.41, 5.74) is 0.231. The lowest BCUT2D eigenvalue weighted by molar-refractivity contribution is 0.0944. The predicted molar refractivity (Wildman–Crippen MR) is 102 cm³/mol. The van der Waals surface area contributed by atoms with E-state index in [9.17, 15) is 4.79 Å². The number of carbonyl (C=O) groups is 1. The topological polar surface area (TPSA) is 99.0 Å². The average Bonchev–Trinajstić information content (AvgIpc) is 3.38. The first-order valence-corrected chi connectivity index (χ1v) is 10.1. The highest BCUT2D eigenvalue weighted by atomic mass is 32.2. The van der Waals surface area contributed by atoms with Gasteiger partial charge in [0.05, 0.1) is 6.26 Å². The Bertz CT molecular complexity index is 870. The van der Waals surface area contributed by atoms with E-state index in [0.717, 1.165) is 30.4 Å². The summed E-state index contributed by atoms with van der Waals surface area (Å²) in [5.74, 6) is 2.15. The number of thioether (sulfide) groups is 1. The minimum Gasteiger partial charge on any atom is -0.461 e. The Morgan fingerprint density at radius 1 is 1.33 bits per heavy atom. The van der Waals surface area contributed by atoms with Crippen LogP contribution in [0.5, 0.6) is 0 Å². The van der Waals surface area contributed by atoms with Crippen molar-refractivity contribution >= 4 is 17.7 Å². The summed E-state index contributed by atoms with van der Waals surface area (Å²) in [7, 11) is 0. The second-order valence-corrected chi connectivity index (χ2v) is 7.29. The van der Waals surface area contributed by atoms with Crippen LogP contribution in [0.3, 0.4) is 0 Å². The van der Waals surface area contributed by atoms with Crippen LogP contribution < -0.4 is 5.32 Å². The highest BCUT2D eigenvalue weighted by Crippen LogP contribution is 2.20. The van der Waals surface area contributed by atoms with Crippen LogP contribution in [0, 0.1) is 5.92 Å². The normalized spacial score (nSPS) is 11.3. The molecule has 3 aromatic rings. The minimum atomic E-state index is -0.273. The zero-order chi connectivity index (χ0) is 19.2. The summed E-state index contributed by atoms with van der Waals surface area (Å²) in [6.07, 6.45) is 5.05. The Morgan fingerprint density at radius 2 is 2.19 bits per heavy atom. The van der Waals surface area contributed by atoms with Crippen molar-refractivity contribution in [1.29, 1.82) is 0 Å². The SMILES string of the molecule is CSc1nnc(CCCNC(=O)c2cc(-c3ccco3)on2)n1CC(C)C. The first-order valence-electron chi connectivity index (χ1n) is 8.83. The van der Waals surface area contributed by atoms with Crippen LogP contribution in [0.2, 0.25) is 0 Å². The molecule has 3 rings (SSSR count). The third-order valence-corrected chi connectivity index (χ3v) is 4.56. The van der Waals surface area contributed by atoms with Crippen molar-refractivity contribution in [2.75, 3.05) is 12.8 Å². The van der Waals surface area contributed by atoms with Crippen molar-refractivity contribution in [2.24, 2.45) is 5.92 Å². The Balaban J connectivity index is 1.50. The quantitative estimate of drug-likeness (QED) is 0.443. The lowest BCUT2D eigenvalue weighted by Gasteiger charge is -2.11. The highest BCUT2D eigenvalue weighted by molar-refractivity contribution is 7.98. The molecule has 0 unspecified atom stereocenters. The molecule has 144 valence electrons. The van der Waals surface area contributed by atoms with Gasteiger partial charge in [-0.3, -0.25) is 4.79 Å². The second-order valence-electron chi connectivity index (χ2n) is 6.52. The van der Waals surface area contributed by atoms with Crippen molar-refractivity contribution in [3.05, 3.63) is 36.0 Å². The monoisotopic (exact) mass is 389 g/mol. The second kappa shape index (κ2) is 8.90. The molecule has 0 saturated carbocycles. The van der Waals surface area contributed by atoms with Gasteiger partial charge in [-0.1, -0.05) is 30.8 Å². The van der Waals surface area contributed by atoms with Crippen LogP contribution in [0.15, 0.2) is 38.6 Å². The number of nitrogens with one attached hydrogen (secondary N) is 1. The number of carbonyl (C=O) groups excluding carboxylic acids is 1. The number of nitrogens with zero attached hydrogens (tertiary/aromatic N) is 4. The molecule has 1 N–H and O–H groups in total. The molecule has 0 atom stereocenters. The zero-order valence-electron chi connectivity index (χ0n) is 15.6. The largest absolute Gasteiger partial charge is 0.461 e. The maximum absolute atomic E-state index is 12.2. The summed E-state index contributed by atoms with van der Waals surface area (Å²) in [5, 5.41) is 16.1. The molecule has 0 aliphatic carbocycles. The number of rotatable bonds is 9. The van der Waals surface area contributed by atoms with E-state index in [0.29, 0.717) is 24.0 Å². The van der Waals surface area contributed by atoms with E-state index in [1.165, 1.54) is 6.26 Å². The summed E-state index contributed by atoms with van der Waals surface area (Å²) in [6, 6.07) is 5.06. The highest BCUT2D eigenvalue weighted by Gasteiger charge is 2.15. The van der Waals surface area contributed by atoms with Gasteiger partial charge in [0.2, 0.25) is 5.76 Å². The smallest absolute Gasteiger partial charge is 0.273 e. The summed E-state index contributed by atoms with van der Waals surface area (Å²) in [6.45, 7) is 5.75. The van der Waals surface area contributed by atoms with Gasteiger partial charge in [0.25, 0.3) is 5.91 Å². The van der Waals surface area contributed by atoms with Crippen molar-refractivity contribution in [3.63, 3.8) is 0 Å². The molecule has 3 heterocycles. The van der Waals surface area contributed by atoms with Crippen molar-refractivity contribution in [2.45, 2.75) is 38.4 Å². The molecule has 1 amide bonds. The average molecular weight is 389 g/mol. The van der Waals surface area contributed by atoms with E-state index in [1.54, 1.807) is 30.0 Å². The zero-order valence-corrected chi connectivity index (χ0v) is 16.5. The van der Waals surface area contributed by atoms with Crippen LogP contribution in [0.4, 0.5) is 0 Å². The predicted octanol–water partition coefficient (Wildman–Crippen LogP) is 3.27. The Kier molecular flexibility index (Phi) is 6.33. The molecule has 0 radical (unpaired) electrons. The maximum Gasteiger partial charge on any atom is 0.273 e. The lowest BCUT2D eigenvalue weighted by Crippen LogP contribution is -2.25. The van der Waals surface area contributed by atoms with Gasteiger partial charge >= 0.3 is 0 Å². The standard InChI is InChI=1S/C18H23N5O3S/c1-12(2)11-23-16(20-21-18(23)27-3)7-4-8-19-17(24)13-10-15(26-22-13)14-6-5-9-25-14/h5-6,9-10,12H,4,7-8,11H2,1-3H3,(H,19,24). The molecule has 27 heavy (non-hydrogen) atoms. The van der Waals surface area contributed by atoms with E-state index in [4.69, 9.17) is 8.94 Å². The first kappa shape index (κ1) is 19.2. The van der Waals surface area contributed by atoms with E-state index in [2.05, 4.69) is 39.1 Å². The molecule has 8 nitrogen and oxygen atoms in total. The van der Waals surface area contributed by atoms with Crippen molar-refractivity contribution in [1.82, 2.24) is 25.2 Å². The van der Waals surface area contributed by atoms with Crippen LogP contribution >= 0.6 is 11.8 Å². The maximum atomic E-state index is 12.2. The van der Waals surface area contributed by atoms with Gasteiger partial charge < -0.3 is 18.8 Å². The Labute approximate surface area is 161 Å². The fourth-order valence-corrected chi connectivity index (χ4v) is 3.18. The summed E-state index contributed by atoms with van der Waals surface area (Å²) in [4.78, 5) is 12.2. The van der Waals surface area contributed by atoms with Gasteiger partial charge in [-0.25, -0.2) is 0 Å². The number of hydrogen-bond donors (Lipinski definition) is 1. The molecular formula is C18H23N5O3S. The molecule has 0 fully saturated rings. The minimum absolute atomic E-state index is 0.231. The Hall–Kier alpha value is -2.55. The molecule has 9 heteroatoms. The number of aryl methyl sites for hydroxylation is 1. The fraction of sp³-hybridized carbons (Fsp3) is 0.444. The van der Waals surface area contributed by atoms with Crippen LogP contribution in [-0.4, -0.2) is 38.6 Å². The third kappa shape index (κ3) is 4.79. The lowest BCUT2D eigenvalue weighted by atomic mass is 10.2. The number of aromatic nitrogens is 4. The summed E-state index contributed by atoms with van der Waals surface area (Å²) >= 11 is 1.59. The van der Waals surface area contributed by atoms with E-state index in [1.807, 2.05) is 6.26 Å². The van der Waals surface area contributed by atoms with Gasteiger partial charge in [0, 0.05) is 25.6 Å². The van der Waals surface area contributed by atoms with Crippen LogP contribution in [0.25, 0.3) is 11.5 Å². The van der Waals surface area contributed by atoms with Gasteiger partial charge in [-0.2, -0.15) is 0 Å². The molecule has 0 bridgehead atoms. The Morgan fingerprint density at radius 3 is 2.89 bits per heavy atom. The number of furan rings is 1. The third-order valence-electron chi connectivity index (χ3n) is 3.89. The fourth-order valence-electron chi connectivity index (χ4n) is 2.66. The number of amides is 1. The summed E-state index contributed by atoms with van der Waals surface area (Å²) < 4.78 is 12.5. The van der Waals surface area contributed by atoms with Gasteiger partial charge in [-0.15, -0.1) is 10.2 Å². The van der Waals surface area contributed by atoms with Crippen LogP contribution in [0.1, 0.15) is 36.6 Å². The van der Waals surface area contributed by atoms with E-state index >= 15 is 0 Å². The van der Waals surface area contributed by atoms with Crippen molar-refractivity contribution < 1.29 is 13.7 Å². The van der Waals surface area contributed by atoms with E-state index in [-0.39, 0.29) is 11.6 Å². The molecule has 0 aliphatic heterocycles. The molecule has 0 saturated heterocycles. The van der Waals surface area contributed by atoms with Gasteiger partial charge in [0.1, 0.15) is 5.82 Å². The van der Waals surface area contributed by atoms with Crippen LogP contribution in [-0.2, 0) is 13.0 Å². The van der Waals surface area contributed by atoms with Crippen molar-refractivity contribution in [3.8, 4) is 11.5 Å². The molecule has 0 aromatic carbocycles. The molecular weight excluding hydrogens is 366 g/mol.